The first-order valence-corrected chi connectivity index (χ1v) is 9.29. The van der Waals surface area contributed by atoms with Crippen LogP contribution in [0, 0.1) is 6.92 Å². The molecular weight excluding hydrogens is 354 g/mol. The van der Waals surface area contributed by atoms with E-state index in [9.17, 15) is 0 Å². The van der Waals surface area contributed by atoms with Crippen molar-refractivity contribution in [3.63, 3.8) is 0 Å². The number of aryl methyl sites for hydroxylation is 1. The zero-order chi connectivity index (χ0) is 20.7. The molecule has 28 heavy (non-hydrogen) atoms. The maximum atomic E-state index is 5.81. The van der Waals surface area contributed by atoms with E-state index >= 15 is 0 Å². The van der Waals surface area contributed by atoms with Gasteiger partial charge in [0.1, 0.15) is 6.61 Å². The van der Waals surface area contributed by atoms with E-state index in [2.05, 4.69) is 25.7 Å². The van der Waals surface area contributed by atoms with Crippen molar-refractivity contribution >= 4 is 0 Å². The van der Waals surface area contributed by atoms with E-state index in [0.29, 0.717) is 18.9 Å². The molecule has 2 aromatic rings. The van der Waals surface area contributed by atoms with Crippen LogP contribution in [0.5, 0.6) is 23.0 Å². The lowest BCUT2D eigenvalue weighted by molar-refractivity contribution is 0.319. The third kappa shape index (κ3) is 5.42. The van der Waals surface area contributed by atoms with Gasteiger partial charge in [-0.25, -0.2) is 0 Å². The maximum absolute atomic E-state index is 5.81. The van der Waals surface area contributed by atoms with E-state index < -0.39 is 0 Å². The van der Waals surface area contributed by atoms with Gasteiger partial charge in [0.15, 0.2) is 23.0 Å². The fourth-order valence-corrected chi connectivity index (χ4v) is 2.99. The average Bonchev–Trinajstić information content (AvgIpc) is 2.70. The molecule has 1 atom stereocenters. The van der Waals surface area contributed by atoms with Gasteiger partial charge >= 0.3 is 0 Å². The van der Waals surface area contributed by atoms with Gasteiger partial charge in [-0.1, -0.05) is 12.6 Å². The summed E-state index contributed by atoms with van der Waals surface area (Å²) in [5.41, 5.74) is 4.40. The van der Waals surface area contributed by atoms with Gasteiger partial charge in [-0.3, -0.25) is 0 Å². The largest absolute Gasteiger partial charge is 0.493 e. The summed E-state index contributed by atoms with van der Waals surface area (Å²) in [6, 6.07) is 10.1. The Morgan fingerprint density at radius 3 is 2.21 bits per heavy atom. The first-order valence-electron chi connectivity index (χ1n) is 9.29. The highest BCUT2D eigenvalue weighted by molar-refractivity contribution is 5.48. The zero-order valence-electron chi connectivity index (χ0n) is 17.7. The van der Waals surface area contributed by atoms with Crippen LogP contribution in [0.15, 0.2) is 42.5 Å². The van der Waals surface area contributed by atoms with E-state index in [4.69, 9.17) is 18.9 Å². The van der Waals surface area contributed by atoms with Crippen molar-refractivity contribution in [3.8, 4) is 23.0 Å². The molecule has 0 fully saturated rings. The predicted molar refractivity (Wildman–Crippen MR) is 113 cm³/mol. The SMILES string of the molecule is C=C(C)COc1cc(CNC(C)c2cc(OC)c(OC)cc2C)ccc1OC. The van der Waals surface area contributed by atoms with Gasteiger partial charge in [-0.2, -0.15) is 0 Å². The molecule has 0 saturated heterocycles. The fourth-order valence-electron chi connectivity index (χ4n) is 2.99. The fraction of sp³-hybridized carbons (Fsp3) is 0.391. The first kappa shape index (κ1) is 21.6. The highest BCUT2D eigenvalue weighted by Crippen LogP contribution is 2.33. The van der Waals surface area contributed by atoms with Crippen molar-refractivity contribution in [3.05, 3.63) is 59.2 Å². The molecule has 2 rings (SSSR count). The van der Waals surface area contributed by atoms with Crippen molar-refractivity contribution in [1.82, 2.24) is 5.32 Å². The minimum absolute atomic E-state index is 0.140. The van der Waals surface area contributed by atoms with E-state index in [1.807, 2.05) is 37.3 Å². The lowest BCUT2D eigenvalue weighted by atomic mass is 10.0. The Morgan fingerprint density at radius 1 is 0.964 bits per heavy atom. The summed E-state index contributed by atoms with van der Waals surface area (Å²) in [6.07, 6.45) is 0. The van der Waals surface area contributed by atoms with Gasteiger partial charge in [0.05, 0.1) is 21.3 Å². The molecule has 2 aromatic carbocycles. The molecular formula is C23H31NO4. The molecule has 0 aliphatic carbocycles. The summed E-state index contributed by atoms with van der Waals surface area (Å²) in [5, 5.41) is 3.56. The van der Waals surface area contributed by atoms with Crippen LogP contribution in [0.1, 0.15) is 36.6 Å². The molecule has 0 amide bonds. The van der Waals surface area contributed by atoms with Crippen molar-refractivity contribution in [2.24, 2.45) is 0 Å². The van der Waals surface area contributed by atoms with Gasteiger partial charge in [-0.05, 0) is 67.3 Å². The van der Waals surface area contributed by atoms with Crippen LogP contribution in [-0.2, 0) is 6.54 Å². The zero-order valence-corrected chi connectivity index (χ0v) is 17.7. The van der Waals surface area contributed by atoms with E-state index in [1.54, 1.807) is 21.3 Å². The van der Waals surface area contributed by atoms with E-state index in [-0.39, 0.29) is 6.04 Å². The number of hydrogen-bond donors (Lipinski definition) is 1. The third-order valence-electron chi connectivity index (χ3n) is 4.55. The molecule has 0 bridgehead atoms. The Balaban J connectivity index is 2.13. The number of nitrogens with one attached hydrogen (secondary N) is 1. The molecule has 0 aliphatic heterocycles. The smallest absolute Gasteiger partial charge is 0.161 e. The minimum atomic E-state index is 0.140. The molecule has 0 radical (unpaired) electrons. The molecule has 5 nitrogen and oxygen atoms in total. The van der Waals surface area contributed by atoms with Gasteiger partial charge in [0.25, 0.3) is 0 Å². The Morgan fingerprint density at radius 2 is 1.61 bits per heavy atom. The molecule has 5 heteroatoms. The maximum Gasteiger partial charge on any atom is 0.161 e. The van der Waals surface area contributed by atoms with Crippen LogP contribution >= 0.6 is 0 Å². The highest BCUT2D eigenvalue weighted by atomic mass is 16.5. The van der Waals surface area contributed by atoms with Gasteiger partial charge in [-0.15, -0.1) is 0 Å². The summed E-state index contributed by atoms with van der Waals surface area (Å²) < 4.78 is 22.0. The summed E-state index contributed by atoms with van der Waals surface area (Å²) in [4.78, 5) is 0. The van der Waals surface area contributed by atoms with Crippen molar-refractivity contribution < 1.29 is 18.9 Å². The lowest BCUT2D eigenvalue weighted by Crippen LogP contribution is -2.19. The second-order valence-electron chi connectivity index (χ2n) is 6.90. The van der Waals surface area contributed by atoms with Crippen molar-refractivity contribution in [2.45, 2.75) is 33.4 Å². The standard InChI is InChI=1S/C23H31NO4/c1-15(2)14-28-23-11-18(8-9-20(23)25-5)13-24-17(4)19-12-22(27-7)21(26-6)10-16(19)3/h8-12,17,24H,1,13-14H2,2-7H3. The number of hydrogen-bond acceptors (Lipinski definition) is 5. The van der Waals surface area contributed by atoms with Gasteiger partial charge in [0.2, 0.25) is 0 Å². The third-order valence-corrected chi connectivity index (χ3v) is 4.55. The van der Waals surface area contributed by atoms with Gasteiger partial charge in [0, 0.05) is 12.6 Å². The summed E-state index contributed by atoms with van der Waals surface area (Å²) in [6.45, 7) is 11.2. The molecule has 1 unspecified atom stereocenters. The lowest BCUT2D eigenvalue weighted by Gasteiger charge is -2.20. The van der Waals surface area contributed by atoms with Crippen molar-refractivity contribution in [1.29, 1.82) is 0 Å². The monoisotopic (exact) mass is 385 g/mol. The molecule has 0 heterocycles. The van der Waals surface area contributed by atoms with Crippen molar-refractivity contribution in [2.75, 3.05) is 27.9 Å². The molecule has 1 N–H and O–H groups in total. The average molecular weight is 386 g/mol. The summed E-state index contributed by atoms with van der Waals surface area (Å²) in [7, 11) is 4.94. The summed E-state index contributed by atoms with van der Waals surface area (Å²) in [5.74, 6) is 2.91. The van der Waals surface area contributed by atoms with Crippen LogP contribution in [0.2, 0.25) is 0 Å². The van der Waals surface area contributed by atoms with Crippen LogP contribution in [0.25, 0.3) is 0 Å². The normalized spacial score (nSPS) is 11.6. The van der Waals surface area contributed by atoms with E-state index in [1.165, 1.54) is 5.56 Å². The Hall–Kier alpha value is -2.66. The molecule has 152 valence electrons. The number of methoxy groups -OCH3 is 3. The number of rotatable bonds is 10. The van der Waals surface area contributed by atoms with Gasteiger partial charge < -0.3 is 24.3 Å². The van der Waals surface area contributed by atoms with Crippen LogP contribution in [0.3, 0.4) is 0 Å². The topological polar surface area (TPSA) is 49.0 Å². The van der Waals surface area contributed by atoms with Crippen LogP contribution in [-0.4, -0.2) is 27.9 Å². The second-order valence-corrected chi connectivity index (χ2v) is 6.90. The number of benzene rings is 2. The molecule has 0 aliphatic rings. The number of ether oxygens (including phenoxy) is 4. The predicted octanol–water partition coefficient (Wildman–Crippen LogP) is 4.83. The van der Waals surface area contributed by atoms with Crippen LogP contribution < -0.4 is 24.3 Å². The second kappa shape index (κ2) is 10.0. The molecule has 0 spiro atoms. The molecule has 0 saturated carbocycles. The molecule has 0 aromatic heterocycles. The highest BCUT2D eigenvalue weighted by Gasteiger charge is 2.14. The minimum Gasteiger partial charge on any atom is -0.493 e. The van der Waals surface area contributed by atoms with E-state index in [0.717, 1.165) is 33.9 Å². The van der Waals surface area contributed by atoms with Crippen LogP contribution in [0.4, 0.5) is 0 Å². The Bertz CT molecular complexity index is 816. The Labute approximate surface area is 168 Å². The quantitative estimate of drug-likeness (QED) is 0.594. The summed E-state index contributed by atoms with van der Waals surface area (Å²) >= 11 is 0. The first-order chi connectivity index (χ1) is 13.4. The Kier molecular flexibility index (Phi) is 7.76.